The molecular weight excluding hydrogens is 520 g/mol. The third kappa shape index (κ3) is 3.53. The summed E-state index contributed by atoms with van der Waals surface area (Å²) in [5.41, 5.74) is -0.303. The number of carbonyl (C=O) groups excluding carboxylic acids is 1. The number of carbonyl (C=O) groups is 1. The molecule has 0 radical (unpaired) electrons. The molecule has 2 aliphatic rings. The summed E-state index contributed by atoms with van der Waals surface area (Å²) >= 11 is 0. The summed E-state index contributed by atoms with van der Waals surface area (Å²) in [7, 11) is 1.30. The summed E-state index contributed by atoms with van der Waals surface area (Å²) in [6.45, 7) is 0. The van der Waals surface area contributed by atoms with Crippen molar-refractivity contribution in [3.63, 3.8) is 0 Å². The lowest BCUT2D eigenvalue weighted by Gasteiger charge is -2.29. The van der Waals surface area contributed by atoms with Gasteiger partial charge in [-0.25, -0.2) is 0 Å². The van der Waals surface area contributed by atoms with Gasteiger partial charge in [-0.05, 0) is 47.0 Å². The maximum absolute atomic E-state index is 13.9. The molecule has 0 aromatic heterocycles. The molecule has 0 unspecified atom stereocenters. The number of hydrogen-bond donors (Lipinski definition) is 6. The molecule has 0 fully saturated rings. The molecule has 0 saturated carbocycles. The predicted molar refractivity (Wildman–Crippen MR) is 141 cm³/mol. The number of benzene rings is 4. The summed E-state index contributed by atoms with van der Waals surface area (Å²) in [5.74, 6) is -2.32. The van der Waals surface area contributed by atoms with Crippen LogP contribution in [0.3, 0.4) is 0 Å². The van der Waals surface area contributed by atoms with E-state index in [1.807, 2.05) is 0 Å². The average molecular weight is 542 g/mol. The van der Waals surface area contributed by atoms with Gasteiger partial charge in [0.05, 0.1) is 12.7 Å². The fourth-order valence-electron chi connectivity index (χ4n) is 5.50. The number of fused-ring (bicyclic) bond motifs is 4. The molecule has 0 saturated heterocycles. The fourth-order valence-corrected chi connectivity index (χ4v) is 5.50. The summed E-state index contributed by atoms with van der Waals surface area (Å²) in [6.07, 6.45) is 1.98. The van der Waals surface area contributed by atoms with Crippen LogP contribution >= 0.6 is 0 Å². The Balaban J connectivity index is 1.61. The molecule has 40 heavy (non-hydrogen) atoms. The van der Waals surface area contributed by atoms with Gasteiger partial charge in [0.1, 0.15) is 40.6 Å². The van der Waals surface area contributed by atoms with Crippen molar-refractivity contribution in [1.29, 1.82) is 0 Å². The van der Waals surface area contributed by atoms with Crippen LogP contribution in [0.25, 0.3) is 12.2 Å². The molecule has 6 rings (SSSR count). The summed E-state index contributed by atoms with van der Waals surface area (Å²) in [4.78, 5) is 13.9. The van der Waals surface area contributed by atoms with E-state index < -0.39 is 23.2 Å². The van der Waals surface area contributed by atoms with Crippen LogP contribution in [0.15, 0.2) is 60.7 Å². The molecule has 4 aromatic carbocycles. The standard InChI is InChI=1S/C30H22O10/c1-38-27-21(35)8-14(9-22(27)36)2-3-16-10-18(32)12-23-25(16)30(29(37)40-23)26-20(34)11-19(33)13-24(26)39-28(30)15-4-6-17(31)7-5-15/h2-13,28,31-36H,1H3/t28-,30-/m1/s1. The van der Waals surface area contributed by atoms with Crippen molar-refractivity contribution in [2.24, 2.45) is 0 Å². The Hall–Kier alpha value is -5.51. The highest BCUT2D eigenvalue weighted by Gasteiger charge is 2.64. The molecule has 2 atom stereocenters. The number of ether oxygens (including phenoxy) is 3. The van der Waals surface area contributed by atoms with Crippen molar-refractivity contribution in [3.8, 4) is 51.7 Å². The lowest BCUT2D eigenvalue weighted by molar-refractivity contribution is -0.139. The summed E-state index contributed by atoms with van der Waals surface area (Å²) < 4.78 is 16.8. The highest BCUT2D eigenvalue weighted by atomic mass is 16.6. The van der Waals surface area contributed by atoms with Crippen LogP contribution in [0.2, 0.25) is 0 Å². The lowest BCUT2D eigenvalue weighted by atomic mass is 9.68. The van der Waals surface area contributed by atoms with E-state index in [0.717, 1.165) is 6.07 Å². The molecule has 2 aliphatic heterocycles. The number of methoxy groups -OCH3 is 1. The first kappa shape index (κ1) is 24.8. The largest absolute Gasteiger partial charge is 0.508 e. The molecule has 0 bridgehead atoms. The molecule has 4 aromatic rings. The zero-order valence-corrected chi connectivity index (χ0v) is 20.8. The maximum Gasteiger partial charge on any atom is 0.331 e. The Morgan fingerprint density at radius 2 is 1.40 bits per heavy atom. The summed E-state index contributed by atoms with van der Waals surface area (Å²) in [6, 6.07) is 13.7. The summed E-state index contributed by atoms with van der Waals surface area (Å²) in [5, 5.41) is 62.0. The molecule has 10 nitrogen and oxygen atoms in total. The Labute approximate surface area is 226 Å². The van der Waals surface area contributed by atoms with Gasteiger partial charge in [0.2, 0.25) is 5.75 Å². The van der Waals surface area contributed by atoms with E-state index in [1.165, 1.54) is 55.7 Å². The van der Waals surface area contributed by atoms with Crippen LogP contribution < -0.4 is 14.2 Å². The van der Waals surface area contributed by atoms with Gasteiger partial charge in [0.25, 0.3) is 0 Å². The van der Waals surface area contributed by atoms with Crippen LogP contribution in [0.4, 0.5) is 0 Å². The molecule has 202 valence electrons. The molecule has 2 heterocycles. The van der Waals surface area contributed by atoms with E-state index in [-0.39, 0.29) is 57.1 Å². The minimum absolute atomic E-state index is 0.0113. The topological polar surface area (TPSA) is 166 Å². The average Bonchev–Trinajstić information content (AvgIpc) is 3.37. The molecule has 0 amide bonds. The molecule has 6 N–H and O–H groups in total. The first-order valence-corrected chi connectivity index (χ1v) is 12.0. The molecular formula is C30H22O10. The maximum atomic E-state index is 13.9. The van der Waals surface area contributed by atoms with Gasteiger partial charge in [0.15, 0.2) is 16.9 Å². The van der Waals surface area contributed by atoms with Crippen LogP contribution in [0.1, 0.15) is 33.9 Å². The number of esters is 1. The van der Waals surface area contributed by atoms with Crippen LogP contribution in [0.5, 0.6) is 51.7 Å². The predicted octanol–water partition coefficient (Wildman–Crippen LogP) is 4.44. The van der Waals surface area contributed by atoms with Gasteiger partial charge in [-0.3, -0.25) is 4.79 Å². The zero-order chi connectivity index (χ0) is 28.3. The van der Waals surface area contributed by atoms with Gasteiger partial charge in [-0.2, -0.15) is 0 Å². The van der Waals surface area contributed by atoms with E-state index in [2.05, 4.69) is 0 Å². The van der Waals surface area contributed by atoms with E-state index in [9.17, 15) is 35.4 Å². The third-order valence-corrected chi connectivity index (χ3v) is 7.06. The minimum atomic E-state index is -1.78. The van der Waals surface area contributed by atoms with Gasteiger partial charge >= 0.3 is 5.97 Å². The van der Waals surface area contributed by atoms with Crippen LogP contribution in [0, 0.1) is 0 Å². The number of rotatable bonds is 4. The van der Waals surface area contributed by atoms with Crippen molar-refractivity contribution in [3.05, 3.63) is 88.5 Å². The first-order chi connectivity index (χ1) is 19.1. The Bertz CT molecular complexity index is 1700. The fraction of sp³-hybridized carbons (Fsp3) is 0.100. The van der Waals surface area contributed by atoms with E-state index in [4.69, 9.17) is 14.2 Å². The van der Waals surface area contributed by atoms with E-state index >= 15 is 0 Å². The highest BCUT2D eigenvalue weighted by molar-refractivity contribution is 6.00. The van der Waals surface area contributed by atoms with Crippen molar-refractivity contribution >= 4 is 18.1 Å². The number of hydrogen-bond acceptors (Lipinski definition) is 10. The zero-order valence-electron chi connectivity index (χ0n) is 20.8. The number of aromatic hydroxyl groups is 6. The molecule has 0 aliphatic carbocycles. The van der Waals surface area contributed by atoms with Crippen molar-refractivity contribution in [2.75, 3.05) is 7.11 Å². The van der Waals surface area contributed by atoms with Crippen LogP contribution in [-0.4, -0.2) is 43.7 Å². The van der Waals surface area contributed by atoms with Gasteiger partial charge in [0, 0.05) is 23.8 Å². The first-order valence-electron chi connectivity index (χ1n) is 12.0. The molecule has 1 spiro atoms. The second-order valence-electron chi connectivity index (χ2n) is 9.46. The number of phenolic OH excluding ortho intramolecular Hbond substituents is 6. The van der Waals surface area contributed by atoms with Gasteiger partial charge in [-0.1, -0.05) is 24.3 Å². The number of phenols is 6. The van der Waals surface area contributed by atoms with Crippen molar-refractivity contribution < 1.29 is 49.6 Å². The molecule has 10 heteroatoms. The highest BCUT2D eigenvalue weighted by Crippen LogP contribution is 2.63. The minimum Gasteiger partial charge on any atom is -0.508 e. The van der Waals surface area contributed by atoms with Crippen LogP contribution in [-0.2, 0) is 10.2 Å². The monoisotopic (exact) mass is 542 g/mol. The normalized spacial score (nSPS) is 18.9. The van der Waals surface area contributed by atoms with E-state index in [0.29, 0.717) is 16.7 Å². The Morgan fingerprint density at radius 1 is 0.750 bits per heavy atom. The lowest BCUT2D eigenvalue weighted by Crippen LogP contribution is -2.40. The third-order valence-electron chi connectivity index (χ3n) is 7.06. The Morgan fingerprint density at radius 3 is 2.08 bits per heavy atom. The van der Waals surface area contributed by atoms with Gasteiger partial charge < -0.3 is 44.8 Å². The smallest absolute Gasteiger partial charge is 0.331 e. The second-order valence-corrected chi connectivity index (χ2v) is 9.46. The van der Waals surface area contributed by atoms with Crippen molar-refractivity contribution in [2.45, 2.75) is 11.5 Å². The van der Waals surface area contributed by atoms with E-state index in [1.54, 1.807) is 18.2 Å². The van der Waals surface area contributed by atoms with Gasteiger partial charge in [-0.15, -0.1) is 0 Å². The quantitative estimate of drug-likeness (QED) is 0.123. The Kier molecular flexibility index (Phi) is 5.44. The second kappa shape index (κ2) is 8.77. The SMILES string of the molecule is COc1c(O)cc(C=Cc2cc(O)cc3c2[C@@]2(C(=O)O3)c3c(O)cc(O)cc3O[C@@H]2c2ccc(O)cc2)cc1O. The van der Waals surface area contributed by atoms with Crippen molar-refractivity contribution in [1.82, 2.24) is 0 Å².